The van der Waals surface area contributed by atoms with Gasteiger partial charge in [-0.1, -0.05) is 20.8 Å². The molecule has 3 fully saturated rings. The third-order valence-electron chi connectivity index (χ3n) is 6.55. The van der Waals surface area contributed by atoms with E-state index in [0.717, 1.165) is 0 Å². The first kappa shape index (κ1) is 14.0. The highest BCUT2D eigenvalue weighted by Crippen LogP contribution is 2.67. The molecule has 1 heterocycles. The second-order valence-corrected chi connectivity index (χ2v) is 7.19. The number of carbonyl (C=O) groups is 2. The van der Waals surface area contributed by atoms with E-state index >= 15 is 0 Å². The van der Waals surface area contributed by atoms with Gasteiger partial charge in [0.05, 0.1) is 12.5 Å². The molecule has 5 nitrogen and oxygen atoms in total. The number of rotatable bonds is 0. The summed E-state index contributed by atoms with van der Waals surface area (Å²) in [5.41, 5.74) is -3.27. The van der Waals surface area contributed by atoms with Crippen LogP contribution in [-0.2, 0) is 14.3 Å². The Morgan fingerprint density at radius 3 is 2.55 bits per heavy atom. The van der Waals surface area contributed by atoms with Gasteiger partial charge in [0.25, 0.3) is 0 Å². The molecule has 1 saturated heterocycles. The van der Waals surface area contributed by atoms with Gasteiger partial charge in [0, 0.05) is 23.2 Å². The molecule has 2 bridgehead atoms. The lowest BCUT2D eigenvalue weighted by Gasteiger charge is -2.58. The van der Waals surface area contributed by atoms with Crippen LogP contribution in [0.1, 0.15) is 40.0 Å². The number of Topliss-reactive ketones (excluding diaryl/α,β-unsaturated/α-hetero) is 1. The summed E-state index contributed by atoms with van der Waals surface area (Å²) in [6.45, 7) is 5.42. The summed E-state index contributed by atoms with van der Waals surface area (Å²) in [6, 6.07) is 0. The number of ketones is 1. The Kier molecular flexibility index (Phi) is 2.68. The van der Waals surface area contributed by atoms with E-state index < -0.39 is 28.5 Å². The molecule has 2 aliphatic carbocycles. The first-order valence-corrected chi connectivity index (χ1v) is 7.28. The van der Waals surface area contributed by atoms with Crippen molar-refractivity contribution in [2.75, 3.05) is 6.61 Å². The number of hydrogen-bond acceptors (Lipinski definition) is 5. The summed E-state index contributed by atoms with van der Waals surface area (Å²) in [4.78, 5) is 24.4. The van der Waals surface area contributed by atoms with Crippen LogP contribution in [0.15, 0.2) is 0 Å². The van der Waals surface area contributed by atoms with Gasteiger partial charge in [-0.3, -0.25) is 9.59 Å². The molecule has 2 saturated carbocycles. The molecule has 3 rings (SSSR count). The fourth-order valence-electron chi connectivity index (χ4n) is 4.99. The Hall–Kier alpha value is -0.940. The summed E-state index contributed by atoms with van der Waals surface area (Å²) >= 11 is 0. The lowest BCUT2D eigenvalue weighted by atomic mass is 9.47. The van der Waals surface area contributed by atoms with Crippen molar-refractivity contribution in [3.8, 4) is 0 Å². The SMILES string of the molecule is C[C@H]1C[C@@H](O)[C@]2(O)[C@@]13CC(=O)OC[C@@]2(C)[C@@H](C)C(=O)C3. The van der Waals surface area contributed by atoms with Gasteiger partial charge in [0.2, 0.25) is 0 Å². The molecule has 0 aromatic rings. The Morgan fingerprint density at radius 1 is 1.25 bits per heavy atom. The van der Waals surface area contributed by atoms with Crippen molar-refractivity contribution in [1.82, 2.24) is 0 Å². The predicted octanol–water partition coefficient (Wildman–Crippen LogP) is 0.667. The van der Waals surface area contributed by atoms with Gasteiger partial charge in [-0.05, 0) is 12.3 Å². The largest absolute Gasteiger partial charge is 0.465 e. The minimum Gasteiger partial charge on any atom is -0.465 e. The lowest BCUT2D eigenvalue weighted by Crippen LogP contribution is -2.69. The van der Waals surface area contributed by atoms with Gasteiger partial charge in [0.15, 0.2) is 0 Å². The summed E-state index contributed by atoms with van der Waals surface area (Å²) in [6.07, 6.45) is -0.351. The molecule has 112 valence electrons. The molecular formula is C15H22O5. The number of cyclic esters (lactones) is 1. The minimum atomic E-state index is -1.45. The van der Waals surface area contributed by atoms with Crippen LogP contribution in [0.25, 0.3) is 0 Å². The van der Waals surface area contributed by atoms with Crippen molar-refractivity contribution in [3.63, 3.8) is 0 Å². The minimum absolute atomic E-state index is 0.00970. The standard InChI is InChI=1S/C15H22O5/c1-8-4-11(17)15(19)13(3)7-20-12(18)6-14(8,15)5-10(16)9(13)2/h8-9,11,17,19H,4-7H2,1-3H3/t8-,9-,11+,13-,14-,15+/m0/s1. The van der Waals surface area contributed by atoms with Crippen molar-refractivity contribution >= 4 is 11.8 Å². The third kappa shape index (κ3) is 1.26. The molecule has 0 amide bonds. The van der Waals surface area contributed by atoms with Crippen molar-refractivity contribution in [1.29, 1.82) is 0 Å². The number of esters is 1. The van der Waals surface area contributed by atoms with E-state index in [1.807, 2.05) is 6.92 Å². The molecule has 6 atom stereocenters. The number of ether oxygens (including phenoxy) is 1. The van der Waals surface area contributed by atoms with E-state index in [0.29, 0.717) is 6.42 Å². The van der Waals surface area contributed by atoms with Crippen LogP contribution in [0.4, 0.5) is 0 Å². The predicted molar refractivity (Wildman–Crippen MR) is 69.6 cm³/mol. The van der Waals surface area contributed by atoms with Crippen molar-refractivity contribution in [2.45, 2.75) is 51.7 Å². The van der Waals surface area contributed by atoms with Crippen LogP contribution >= 0.6 is 0 Å². The van der Waals surface area contributed by atoms with Gasteiger partial charge < -0.3 is 14.9 Å². The molecule has 0 spiro atoms. The van der Waals surface area contributed by atoms with E-state index in [9.17, 15) is 19.8 Å². The van der Waals surface area contributed by atoms with Gasteiger partial charge in [-0.25, -0.2) is 0 Å². The van der Waals surface area contributed by atoms with E-state index in [4.69, 9.17) is 4.74 Å². The van der Waals surface area contributed by atoms with Crippen molar-refractivity contribution < 1.29 is 24.5 Å². The maximum atomic E-state index is 12.4. The molecule has 0 aromatic heterocycles. The molecule has 0 aromatic carbocycles. The smallest absolute Gasteiger partial charge is 0.306 e. The maximum absolute atomic E-state index is 12.4. The molecule has 1 aliphatic heterocycles. The van der Waals surface area contributed by atoms with Crippen LogP contribution in [0, 0.1) is 22.7 Å². The molecule has 20 heavy (non-hydrogen) atoms. The zero-order chi connectivity index (χ0) is 14.9. The van der Waals surface area contributed by atoms with E-state index in [2.05, 4.69) is 0 Å². The Labute approximate surface area is 118 Å². The monoisotopic (exact) mass is 282 g/mol. The van der Waals surface area contributed by atoms with Crippen molar-refractivity contribution in [2.24, 2.45) is 22.7 Å². The molecule has 5 heteroatoms. The molecule has 2 N–H and O–H groups in total. The second kappa shape index (κ2) is 3.83. The molecular weight excluding hydrogens is 260 g/mol. The summed E-state index contributed by atoms with van der Waals surface area (Å²) < 4.78 is 5.27. The third-order valence-corrected chi connectivity index (χ3v) is 6.55. The average Bonchev–Trinajstić information content (AvgIpc) is 2.52. The molecule has 0 radical (unpaired) electrons. The van der Waals surface area contributed by atoms with Crippen LogP contribution in [0.2, 0.25) is 0 Å². The lowest BCUT2D eigenvalue weighted by molar-refractivity contribution is -0.235. The van der Waals surface area contributed by atoms with Crippen molar-refractivity contribution in [3.05, 3.63) is 0 Å². The van der Waals surface area contributed by atoms with E-state index in [1.54, 1.807) is 13.8 Å². The Morgan fingerprint density at radius 2 is 1.90 bits per heavy atom. The average molecular weight is 282 g/mol. The van der Waals surface area contributed by atoms with Gasteiger partial charge in [-0.2, -0.15) is 0 Å². The number of aliphatic hydroxyl groups is 2. The number of carbonyl (C=O) groups excluding carboxylic acids is 2. The first-order chi connectivity index (χ1) is 9.19. The Balaban J connectivity index is 2.27. The van der Waals surface area contributed by atoms with E-state index in [-0.39, 0.29) is 37.1 Å². The highest BCUT2D eigenvalue weighted by Gasteiger charge is 2.76. The summed E-state index contributed by atoms with van der Waals surface area (Å²) in [5, 5.41) is 21.9. The topological polar surface area (TPSA) is 83.8 Å². The van der Waals surface area contributed by atoms with Crippen LogP contribution < -0.4 is 0 Å². The normalized spacial score (nSPS) is 55.1. The quantitative estimate of drug-likeness (QED) is 0.638. The summed E-state index contributed by atoms with van der Waals surface area (Å²) in [5.74, 6) is -0.859. The molecule has 3 aliphatic rings. The zero-order valence-electron chi connectivity index (χ0n) is 12.2. The molecule has 0 unspecified atom stereocenters. The number of aliphatic hydroxyl groups excluding tert-OH is 1. The highest BCUT2D eigenvalue weighted by molar-refractivity contribution is 5.86. The van der Waals surface area contributed by atoms with Crippen LogP contribution in [0.3, 0.4) is 0 Å². The van der Waals surface area contributed by atoms with Crippen LogP contribution in [-0.4, -0.2) is 40.3 Å². The zero-order valence-corrected chi connectivity index (χ0v) is 12.2. The van der Waals surface area contributed by atoms with Gasteiger partial charge in [0.1, 0.15) is 18.0 Å². The highest BCUT2D eigenvalue weighted by atomic mass is 16.5. The van der Waals surface area contributed by atoms with Gasteiger partial charge >= 0.3 is 5.97 Å². The van der Waals surface area contributed by atoms with Gasteiger partial charge in [-0.15, -0.1) is 0 Å². The fourth-order valence-corrected chi connectivity index (χ4v) is 4.99. The maximum Gasteiger partial charge on any atom is 0.306 e. The first-order valence-electron chi connectivity index (χ1n) is 7.28. The second-order valence-electron chi connectivity index (χ2n) is 7.19. The Bertz CT molecular complexity index is 489. The number of hydrogen-bond donors (Lipinski definition) is 2. The van der Waals surface area contributed by atoms with E-state index in [1.165, 1.54) is 0 Å². The fraction of sp³-hybridized carbons (Fsp3) is 0.867. The summed E-state index contributed by atoms with van der Waals surface area (Å²) in [7, 11) is 0. The van der Waals surface area contributed by atoms with Crippen LogP contribution in [0.5, 0.6) is 0 Å².